The number of thioether (sulfide) groups is 1. The average Bonchev–Trinajstić information content (AvgIpc) is 3.10. The molecule has 4 nitrogen and oxygen atoms in total. The number of carbonyl (C=O) groups excluding carboxylic acids is 1. The monoisotopic (exact) mass is 365 g/mol. The fourth-order valence-electron chi connectivity index (χ4n) is 3.52. The highest BCUT2D eigenvalue weighted by Crippen LogP contribution is 2.35. The molecule has 1 heterocycles. The first kappa shape index (κ1) is 17.2. The molecule has 1 saturated carbocycles. The highest BCUT2D eigenvalue weighted by Gasteiger charge is 2.26. The van der Waals surface area contributed by atoms with Crippen LogP contribution in [-0.4, -0.2) is 21.9 Å². The van der Waals surface area contributed by atoms with Crippen molar-refractivity contribution in [2.75, 3.05) is 0 Å². The molecule has 2 aromatic carbocycles. The molecular formula is C21H23N3OS. The zero-order valence-electron chi connectivity index (χ0n) is 14.7. The van der Waals surface area contributed by atoms with Gasteiger partial charge < -0.3 is 10.3 Å². The van der Waals surface area contributed by atoms with Gasteiger partial charge in [-0.05, 0) is 30.5 Å². The van der Waals surface area contributed by atoms with Gasteiger partial charge in [-0.25, -0.2) is 4.98 Å². The molecule has 5 heteroatoms. The fourth-order valence-corrected chi connectivity index (χ4v) is 4.53. The summed E-state index contributed by atoms with van der Waals surface area (Å²) in [6.45, 7) is 0. The lowest BCUT2D eigenvalue weighted by molar-refractivity contribution is -0.121. The van der Waals surface area contributed by atoms with Crippen LogP contribution in [0.5, 0.6) is 0 Å². The molecule has 26 heavy (non-hydrogen) atoms. The Morgan fingerprint density at radius 1 is 1.04 bits per heavy atom. The van der Waals surface area contributed by atoms with Crippen LogP contribution in [0.25, 0.3) is 11.0 Å². The largest absolute Gasteiger partial charge is 0.352 e. The molecule has 1 aliphatic rings. The van der Waals surface area contributed by atoms with E-state index in [1.54, 1.807) is 0 Å². The standard InChI is InChI=1S/C21H23N3OS/c25-20(22-16-11-5-2-6-12-16)19(15-9-3-1-4-10-15)26-21-23-17-13-7-8-14-18(17)24-21/h1,3-4,7-10,13-14,16,19H,2,5-6,11-12H2,(H,22,25)(H,23,24). The summed E-state index contributed by atoms with van der Waals surface area (Å²) < 4.78 is 0. The van der Waals surface area contributed by atoms with Gasteiger partial charge >= 0.3 is 0 Å². The van der Waals surface area contributed by atoms with E-state index in [1.807, 2.05) is 54.6 Å². The van der Waals surface area contributed by atoms with Crippen LogP contribution >= 0.6 is 11.8 Å². The smallest absolute Gasteiger partial charge is 0.238 e. The Bertz CT molecular complexity index is 838. The summed E-state index contributed by atoms with van der Waals surface area (Å²) in [6.07, 6.45) is 5.86. The molecule has 1 aliphatic carbocycles. The van der Waals surface area contributed by atoms with Crippen LogP contribution in [0.2, 0.25) is 0 Å². The molecule has 4 rings (SSSR count). The minimum Gasteiger partial charge on any atom is -0.352 e. The summed E-state index contributed by atoms with van der Waals surface area (Å²) in [7, 11) is 0. The molecule has 2 N–H and O–H groups in total. The third kappa shape index (κ3) is 3.93. The van der Waals surface area contributed by atoms with Gasteiger partial charge in [0.15, 0.2) is 5.16 Å². The van der Waals surface area contributed by atoms with Crippen LogP contribution in [0.1, 0.15) is 42.9 Å². The molecule has 3 aromatic rings. The number of H-pyrrole nitrogens is 1. The van der Waals surface area contributed by atoms with E-state index < -0.39 is 0 Å². The fraction of sp³-hybridized carbons (Fsp3) is 0.333. The van der Waals surface area contributed by atoms with Crippen LogP contribution in [0.3, 0.4) is 0 Å². The molecule has 0 spiro atoms. The van der Waals surface area contributed by atoms with E-state index in [2.05, 4.69) is 15.3 Å². The van der Waals surface area contributed by atoms with Crippen molar-refractivity contribution in [1.29, 1.82) is 0 Å². The van der Waals surface area contributed by atoms with Gasteiger partial charge in [-0.1, -0.05) is 73.5 Å². The third-order valence-corrected chi connectivity index (χ3v) is 6.03. The molecule has 0 aliphatic heterocycles. The maximum Gasteiger partial charge on any atom is 0.238 e. The zero-order valence-corrected chi connectivity index (χ0v) is 15.5. The van der Waals surface area contributed by atoms with Crippen LogP contribution in [0.4, 0.5) is 0 Å². The number of amides is 1. The van der Waals surface area contributed by atoms with Crippen molar-refractivity contribution in [2.45, 2.75) is 48.6 Å². The number of nitrogens with zero attached hydrogens (tertiary/aromatic N) is 1. The van der Waals surface area contributed by atoms with Gasteiger partial charge in [0, 0.05) is 6.04 Å². The predicted molar refractivity (Wildman–Crippen MR) is 106 cm³/mol. The van der Waals surface area contributed by atoms with Crippen LogP contribution in [-0.2, 0) is 4.79 Å². The zero-order chi connectivity index (χ0) is 17.8. The molecular weight excluding hydrogens is 342 g/mol. The van der Waals surface area contributed by atoms with Gasteiger partial charge in [-0.3, -0.25) is 4.79 Å². The van der Waals surface area contributed by atoms with Gasteiger partial charge in [0.05, 0.1) is 11.0 Å². The van der Waals surface area contributed by atoms with Gasteiger partial charge in [0.25, 0.3) is 0 Å². The van der Waals surface area contributed by atoms with Crippen molar-refractivity contribution in [3.8, 4) is 0 Å². The number of fused-ring (bicyclic) bond motifs is 1. The maximum absolute atomic E-state index is 13.1. The molecule has 1 fully saturated rings. The van der Waals surface area contributed by atoms with E-state index in [-0.39, 0.29) is 11.2 Å². The van der Waals surface area contributed by atoms with E-state index in [4.69, 9.17) is 0 Å². The summed E-state index contributed by atoms with van der Waals surface area (Å²) in [5.41, 5.74) is 2.93. The highest BCUT2D eigenvalue weighted by molar-refractivity contribution is 8.00. The number of hydrogen-bond acceptors (Lipinski definition) is 3. The molecule has 1 unspecified atom stereocenters. The molecule has 0 saturated heterocycles. The normalized spacial score (nSPS) is 16.5. The molecule has 134 valence electrons. The van der Waals surface area contributed by atoms with E-state index in [0.29, 0.717) is 6.04 Å². The topological polar surface area (TPSA) is 57.8 Å². The van der Waals surface area contributed by atoms with Crippen molar-refractivity contribution < 1.29 is 4.79 Å². The van der Waals surface area contributed by atoms with Crippen LogP contribution in [0.15, 0.2) is 59.8 Å². The number of hydrogen-bond donors (Lipinski definition) is 2. The lowest BCUT2D eigenvalue weighted by Gasteiger charge is -2.25. The van der Waals surface area contributed by atoms with Crippen molar-refractivity contribution in [1.82, 2.24) is 15.3 Å². The van der Waals surface area contributed by atoms with Crippen LogP contribution < -0.4 is 5.32 Å². The molecule has 1 aromatic heterocycles. The summed E-state index contributed by atoms with van der Waals surface area (Å²) in [4.78, 5) is 21.0. The van der Waals surface area contributed by atoms with Gasteiger partial charge in [0.1, 0.15) is 5.25 Å². The minimum atomic E-state index is -0.307. The summed E-state index contributed by atoms with van der Waals surface area (Å²) in [5, 5.41) is 3.74. The second-order valence-corrected chi connectivity index (χ2v) is 7.91. The first-order valence-corrected chi connectivity index (χ1v) is 10.1. The Hall–Kier alpha value is -2.27. The number of para-hydroxylation sites is 2. The van der Waals surface area contributed by atoms with Crippen molar-refractivity contribution in [3.05, 3.63) is 60.2 Å². The maximum atomic E-state index is 13.1. The molecule has 0 radical (unpaired) electrons. The van der Waals surface area contributed by atoms with E-state index >= 15 is 0 Å². The Balaban J connectivity index is 1.57. The third-order valence-electron chi connectivity index (χ3n) is 4.89. The number of benzene rings is 2. The summed E-state index contributed by atoms with van der Waals surface area (Å²) in [5.74, 6) is 0.0774. The molecule has 1 amide bonds. The number of rotatable bonds is 5. The van der Waals surface area contributed by atoms with E-state index in [1.165, 1.54) is 31.0 Å². The lowest BCUT2D eigenvalue weighted by atomic mass is 9.95. The van der Waals surface area contributed by atoms with Crippen molar-refractivity contribution in [3.63, 3.8) is 0 Å². The second-order valence-electron chi connectivity index (χ2n) is 6.81. The van der Waals surface area contributed by atoms with Crippen molar-refractivity contribution in [2.24, 2.45) is 0 Å². The Labute approximate surface area is 157 Å². The molecule has 1 atom stereocenters. The lowest BCUT2D eigenvalue weighted by Crippen LogP contribution is -2.38. The Morgan fingerprint density at radius 3 is 2.54 bits per heavy atom. The summed E-state index contributed by atoms with van der Waals surface area (Å²) >= 11 is 1.49. The number of carbonyl (C=O) groups is 1. The van der Waals surface area contributed by atoms with Gasteiger partial charge in [0.2, 0.25) is 5.91 Å². The Kier molecular flexibility index (Phi) is 5.25. The highest BCUT2D eigenvalue weighted by atomic mass is 32.2. The minimum absolute atomic E-state index is 0.0774. The van der Waals surface area contributed by atoms with Gasteiger partial charge in [-0.2, -0.15) is 0 Å². The number of aromatic amines is 1. The summed E-state index contributed by atoms with van der Waals surface area (Å²) in [6, 6.07) is 18.2. The van der Waals surface area contributed by atoms with E-state index in [9.17, 15) is 4.79 Å². The Morgan fingerprint density at radius 2 is 1.77 bits per heavy atom. The number of aromatic nitrogens is 2. The second kappa shape index (κ2) is 7.96. The SMILES string of the molecule is O=C(NC1CCCCC1)C(Sc1nc2ccccc2[nH]1)c1ccccc1. The molecule has 0 bridgehead atoms. The first-order valence-electron chi connectivity index (χ1n) is 9.26. The predicted octanol–water partition coefficient (Wildman–Crippen LogP) is 4.85. The van der Waals surface area contributed by atoms with E-state index in [0.717, 1.165) is 34.6 Å². The number of imidazole rings is 1. The van der Waals surface area contributed by atoms with Gasteiger partial charge in [-0.15, -0.1) is 0 Å². The first-order chi connectivity index (χ1) is 12.8. The average molecular weight is 366 g/mol. The van der Waals surface area contributed by atoms with Crippen molar-refractivity contribution >= 4 is 28.7 Å². The number of nitrogens with one attached hydrogen (secondary N) is 2. The quantitative estimate of drug-likeness (QED) is 0.636. The van der Waals surface area contributed by atoms with Crippen LogP contribution in [0, 0.1) is 0 Å².